The van der Waals surface area contributed by atoms with Crippen LogP contribution < -0.4 is 16.6 Å². The van der Waals surface area contributed by atoms with Gasteiger partial charge >= 0.3 is 5.69 Å². The number of furan rings is 1. The van der Waals surface area contributed by atoms with E-state index in [0.29, 0.717) is 21.4 Å². The minimum atomic E-state index is -0.647. The van der Waals surface area contributed by atoms with Crippen LogP contribution in [0.3, 0.4) is 0 Å². The van der Waals surface area contributed by atoms with Crippen molar-refractivity contribution < 1.29 is 13.6 Å². The van der Waals surface area contributed by atoms with Crippen molar-refractivity contribution in [3.8, 4) is 0 Å². The van der Waals surface area contributed by atoms with Crippen LogP contribution in [-0.2, 0) is 17.9 Å². The third-order valence-electron chi connectivity index (χ3n) is 5.08. The van der Waals surface area contributed by atoms with Gasteiger partial charge in [-0.3, -0.25) is 18.7 Å². The van der Waals surface area contributed by atoms with E-state index in [-0.39, 0.29) is 18.8 Å². The third kappa shape index (κ3) is 3.42. The van der Waals surface area contributed by atoms with Gasteiger partial charge in [-0.25, -0.2) is 9.18 Å². The van der Waals surface area contributed by atoms with E-state index in [4.69, 9.17) is 4.42 Å². The van der Waals surface area contributed by atoms with Crippen LogP contribution in [-0.4, -0.2) is 15.0 Å². The Kier molecular flexibility index (Phi) is 4.95. The number of rotatable bonds is 5. The van der Waals surface area contributed by atoms with E-state index in [0.717, 1.165) is 9.27 Å². The second-order valence-corrected chi connectivity index (χ2v) is 8.20. The SMILES string of the molecule is O=C(Cn1c(=O)n(Cc2ccco2)c(=O)c2sc3ccccc3c21)Nc1ccccc1F. The van der Waals surface area contributed by atoms with Gasteiger partial charge in [0.1, 0.15) is 22.8 Å². The van der Waals surface area contributed by atoms with Crippen molar-refractivity contribution in [2.45, 2.75) is 13.1 Å². The van der Waals surface area contributed by atoms with Crippen LogP contribution in [0.1, 0.15) is 5.76 Å². The van der Waals surface area contributed by atoms with Crippen LogP contribution in [0.15, 0.2) is 80.9 Å². The number of carbonyl (C=O) groups is 1. The molecule has 0 spiro atoms. The summed E-state index contributed by atoms with van der Waals surface area (Å²) < 4.78 is 22.8. The molecule has 2 aromatic carbocycles. The highest BCUT2D eigenvalue weighted by Crippen LogP contribution is 2.31. The lowest BCUT2D eigenvalue weighted by Crippen LogP contribution is -2.41. The highest BCUT2D eigenvalue weighted by Gasteiger charge is 2.20. The maximum absolute atomic E-state index is 14.0. The zero-order valence-electron chi connectivity index (χ0n) is 16.6. The highest BCUT2D eigenvalue weighted by molar-refractivity contribution is 7.25. The Morgan fingerprint density at radius 3 is 2.56 bits per heavy atom. The molecule has 0 aliphatic heterocycles. The number of nitrogens with zero attached hydrogens (tertiary/aromatic N) is 2. The Hall–Kier alpha value is -3.98. The summed E-state index contributed by atoms with van der Waals surface area (Å²) in [5, 5.41) is 3.19. The van der Waals surface area contributed by atoms with Gasteiger partial charge in [0, 0.05) is 10.1 Å². The fourth-order valence-electron chi connectivity index (χ4n) is 3.64. The van der Waals surface area contributed by atoms with Crippen molar-refractivity contribution in [1.82, 2.24) is 9.13 Å². The van der Waals surface area contributed by atoms with Crippen molar-refractivity contribution in [1.29, 1.82) is 0 Å². The molecule has 5 rings (SSSR count). The molecule has 0 aliphatic carbocycles. The molecule has 160 valence electrons. The molecule has 5 aromatic rings. The largest absolute Gasteiger partial charge is 0.467 e. The summed E-state index contributed by atoms with van der Waals surface area (Å²) in [7, 11) is 0. The van der Waals surface area contributed by atoms with E-state index in [1.807, 2.05) is 12.1 Å². The smallest absolute Gasteiger partial charge is 0.332 e. The summed E-state index contributed by atoms with van der Waals surface area (Å²) in [5.41, 5.74) is -0.694. The minimum Gasteiger partial charge on any atom is -0.467 e. The average molecular weight is 449 g/mol. The number of nitrogens with one attached hydrogen (secondary N) is 1. The summed E-state index contributed by atoms with van der Waals surface area (Å²) >= 11 is 1.26. The van der Waals surface area contributed by atoms with Crippen LogP contribution in [0.2, 0.25) is 0 Å². The standard InChI is InChI=1S/C23H16FN3O4S/c24-16-8-2-3-9-17(16)25-19(28)13-26-20-15-7-1-4-10-18(15)32-21(20)22(29)27(23(26)30)12-14-6-5-11-31-14/h1-11H,12-13H2,(H,25,28). The summed E-state index contributed by atoms with van der Waals surface area (Å²) in [4.78, 5) is 39.3. The Balaban J connectivity index is 1.67. The molecule has 0 bridgehead atoms. The minimum absolute atomic E-state index is 0.0147. The molecule has 32 heavy (non-hydrogen) atoms. The lowest BCUT2D eigenvalue weighted by Gasteiger charge is -2.12. The number of fused-ring (bicyclic) bond motifs is 3. The number of para-hydroxylation sites is 1. The van der Waals surface area contributed by atoms with Gasteiger partial charge in [0.15, 0.2) is 0 Å². The van der Waals surface area contributed by atoms with Crippen LogP contribution >= 0.6 is 11.3 Å². The van der Waals surface area contributed by atoms with Gasteiger partial charge < -0.3 is 9.73 Å². The van der Waals surface area contributed by atoms with Gasteiger partial charge in [-0.15, -0.1) is 11.3 Å². The number of hydrogen-bond donors (Lipinski definition) is 1. The molecule has 1 amide bonds. The van der Waals surface area contributed by atoms with Crippen molar-refractivity contribution in [2.75, 3.05) is 5.32 Å². The van der Waals surface area contributed by atoms with Crippen LogP contribution in [0.25, 0.3) is 20.3 Å². The number of carbonyl (C=O) groups excluding carboxylic acids is 1. The maximum atomic E-state index is 14.0. The Bertz CT molecular complexity index is 1580. The Labute approximate surface area is 183 Å². The molecule has 0 saturated carbocycles. The lowest BCUT2D eigenvalue weighted by atomic mass is 10.2. The zero-order chi connectivity index (χ0) is 22.2. The first-order valence-corrected chi connectivity index (χ1v) is 10.6. The molecule has 1 N–H and O–H groups in total. The summed E-state index contributed by atoms with van der Waals surface area (Å²) in [6.07, 6.45) is 1.46. The molecule has 3 heterocycles. The molecule has 0 aliphatic rings. The van der Waals surface area contributed by atoms with E-state index in [1.165, 1.54) is 40.4 Å². The zero-order valence-corrected chi connectivity index (χ0v) is 17.4. The second-order valence-electron chi connectivity index (χ2n) is 7.14. The number of benzene rings is 2. The van der Waals surface area contributed by atoms with Crippen LogP contribution in [0.4, 0.5) is 10.1 Å². The number of thiophene rings is 1. The number of halogens is 1. The van der Waals surface area contributed by atoms with Crippen molar-refractivity contribution >= 4 is 43.2 Å². The predicted molar refractivity (Wildman–Crippen MR) is 121 cm³/mol. The average Bonchev–Trinajstić information content (AvgIpc) is 3.44. The Morgan fingerprint density at radius 2 is 1.78 bits per heavy atom. The summed E-state index contributed by atoms with van der Waals surface area (Å²) in [6.45, 7) is -0.452. The molecular formula is C23H16FN3O4S. The fraction of sp³-hybridized carbons (Fsp3) is 0.0870. The molecule has 0 saturated heterocycles. The fourth-order valence-corrected chi connectivity index (χ4v) is 4.79. The van der Waals surface area contributed by atoms with Gasteiger partial charge in [0.2, 0.25) is 5.91 Å². The first-order valence-electron chi connectivity index (χ1n) is 9.74. The Morgan fingerprint density at radius 1 is 1.00 bits per heavy atom. The molecular weight excluding hydrogens is 433 g/mol. The lowest BCUT2D eigenvalue weighted by molar-refractivity contribution is -0.116. The molecule has 0 fully saturated rings. The second kappa shape index (κ2) is 7.93. The van der Waals surface area contributed by atoms with Crippen LogP contribution in [0, 0.1) is 5.82 Å². The number of amides is 1. The van der Waals surface area contributed by atoms with E-state index < -0.39 is 23.0 Å². The first-order chi connectivity index (χ1) is 15.5. The number of anilines is 1. The molecule has 0 unspecified atom stereocenters. The molecule has 0 radical (unpaired) electrons. The van der Waals surface area contributed by atoms with Gasteiger partial charge in [-0.2, -0.15) is 0 Å². The van der Waals surface area contributed by atoms with Crippen LogP contribution in [0.5, 0.6) is 0 Å². The summed E-state index contributed by atoms with van der Waals surface area (Å²) in [6, 6.07) is 16.4. The monoisotopic (exact) mass is 449 g/mol. The summed E-state index contributed by atoms with van der Waals surface area (Å²) in [5.74, 6) is -0.730. The van der Waals surface area contributed by atoms with E-state index >= 15 is 0 Å². The van der Waals surface area contributed by atoms with Crippen molar-refractivity contribution in [3.63, 3.8) is 0 Å². The van der Waals surface area contributed by atoms with Crippen molar-refractivity contribution in [3.05, 3.63) is 99.3 Å². The normalized spacial score (nSPS) is 11.3. The van der Waals surface area contributed by atoms with Gasteiger partial charge in [0.25, 0.3) is 5.56 Å². The number of aromatic nitrogens is 2. The molecule has 9 heteroatoms. The van der Waals surface area contributed by atoms with E-state index in [2.05, 4.69) is 5.32 Å². The quantitative estimate of drug-likeness (QED) is 0.442. The van der Waals surface area contributed by atoms with Gasteiger partial charge in [0.05, 0.1) is 24.0 Å². The topological polar surface area (TPSA) is 86.2 Å². The third-order valence-corrected chi connectivity index (χ3v) is 6.23. The first kappa shape index (κ1) is 20.0. The molecule has 3 aromatic heterocycles. The maximum Gasteiger partial charge on any atom is 0.332 e. The predicted octanol–water partition coefficient (Wildman–Crippen LogP) is 3.80. The highest BCUT2D eigenvalue weighted by atomic mass is 32.1. The van der Waals surface area contributed by atoms with Gasteiger partial charge in [-0.1, -0.05) is 30.3 Å². The molecule has 7 nitrogen and oxygen atoms in total. The molecule has 0 atom stereocenters. The van der Waals surface area contributed by atoms with Gasteiger partial charge in [-0.05, 0) is 30.3 Å². The number of hydrogen-bond acceptors (Lipinski definition) is 5. The van der Waals surface area contributed by atoms with Crippen molar-refractivity contribution in [2.24, 2.45) is 0 Å². The van der Waals surface area contributed by atoms with E-state index in [9.17, 15) is 18.8 Å². The van der Waals surface area contributed by atoms with E-state index in [1.54, 1.807) is 30.3 Å².